The Balaban J connectivity index is 1.83. The lowest BCUT2D eigenvalue weighted by atomic mass is 9.78. The number of carbonyl (C=O) groups excluding carboxylic acids is 1. The molecular formula is C25H18O3S. The molecule has 0 bridgehead atoms. The van der Waals surface area contributed by atoms with Crippen molar-refractivity contribution in [3.05, 3.63) is 82.8 Å². The molecule has 2 atom stereocenters. The zero-order valence-corrected chi connectivity index (χ0v) is 16.4. The molecule has 3 nitrogen and oxygen atoms in total. The van der Waals surface area contributed by atoms with Crippen molar-refractivity contribution in [3.63, 3.8) is 0 Å². The Morgan fingerprint density at radius 1 is 0.966 bits per heavy atom. The molecule has 1 aliphatic heterocycles. The zero-order chi connectivity index (χ0) is 19.5. The first-order valence-corrected chi connectivity index (χ1v) is 10.7. The Bertz CT molecular complexity index is 1340. The van der Waals surface area contributed by atoms with E-state index in [-0.39, 0.29) is 30.2 Å². The number of hydrogen-bond acceptors (Lipinski definition) is 4. The van der Waals surface area contributed by atoms with Crippen molar-refractivity contribution in [2.75, 3.05) is 13.2 Å². The topological polar surface area (TPSA) is 46.5 Å². The number of fused-ring (bicyclic) bond motifs is 2. The molecule has 6 rings (SSSR count). The highest BCUT2D eigenvalue weighted by Crippen LogP contribution is 2.45. The van der Waals surface area contributed by atoms with Gasteiger partial charge in [-0.25, -0.2) is 0 Å². The lowest BCUT2D eigenvalue weighted by molar-refractivity contribution is 0.0969. The molecule has 0 amide bonds. The minimum atomic E-state index is -0.244. The summed E-state index contributed by atoms with van der Waals surface area (Å²) in [7, 11) is 0. The molecule has 3 aliphatic carbocycles. The molecule has 0 saturated carbocycles. The van der Waals surface area contributed by atoms with Gasteiger partial charge in [-0.3, -0.25) is 4.79 Å². The second-order valence-electron chi connectivity index (χ2n) is 7.51. The van der Waals surface area contributed by atoms with Crippen LogP contribution in [0.15, 0.2) is 71.7 Å². The number of carbonyl (C=O) groups is 1. The minimum Gasteiger partial charge on any atom is -0.490 e. The van der Waals surface area contributed by atoms with E-state index in [1.54, 1.807) is 11.8 Å². The molecule has 0 saturated heterocycles. The smallest absolute Gasteiger partial charge is 0.174 e. The highest BCUT2D eigenvalue weighted by Gasteiger charge is 2.33. The first-order chi connectivity index (χ1) is 14.3. The second kappa shape index (κ2) is 6.34. The number of allylic oxidation sites excluding steroid dienone is 7. The maximum absolute atomic E-state index is 13.3. The quantitative estimate of drug-likeness (QED) is 0.863. The Morgan fingerprint density at radius 2 is 1.79 bits per heavy atom. The van der Waals surface area contributed by atoms with Gasteiger partial charge in [-0.1, -0.05) is 60.7 Å². The Morgan fingerprint density at radius 3 is 2.66 bits per heavy atom. The SMILES string of the molecule is O=C1c2ccc3c4c(c(OCCO)cc(c24)=C2C=CC=CC12)SC1C=CC=CC=31. The molecule has 29 heavy (non-hydrogen) atoms. The number of ether oxygens (including phenoxy) is 1. The molecule has 0 radical (unpaired) electrons. The van der Waals surface area contributed by atoms with Crippen molar-refractivity contribution < 1.29 is 14.6 Å². The van der Waals surface area contributed by atoms with Gasteiger partial charge < -0.3 is 9.84 Å². The zero-order valence-electron chi connectivity index (χ0n) is 15.6. The minimum absolute atomic E-state index is 0.0336. The predicted molar refractivity (Wildman–Crippen MR) is 117 cm³/mol. The van der Waals surface area contributed by atoms with Crippen LogP contribution in [-0.2, 0) is 0 Å². The van der Waals surface area contributed by atoms with Gasteiger partial charge in [0.2, 0.25) is 0 Å². The third kappa shape index (κ3) is 2.33. The number of aliphatic hydroxyl groups is 1. The van der Waals surface area contributed by atoms with Crippen LogP contribution < -0.4 is 15.2 Å². The van der Waals surface area contributed by atoms with Crippen LogP contribution in [0.3, 0.4) is 0 Å². The van der Waals surface area contributed by atoms with E-state index in [2.05, 4.69) is 36.4 Å². The average Bonchev–Trinajstić information content (AvgIpc) is 2.77. The summed E-state index contributed by atoms with van der Waals surface area (Å²) >= 11 is 1.76. The Kier molecular flexibility index (Phi) is 3.73. The molecule has 2 aromatic carbocycles. The van der Waals surface area contributed by atoms with Crippen LogP contribution in [0.4, 0.5) is 0 Å². The van der Waals surface area contributed by atoms with E-state index in [0.717, 1.165) is 37.8 Å². The molecule has 0 spiro atoms. The number of rotatable bonds is 3. The molecule has 4 heteroatoms. The van der Waals surface area contributed by atoms with E-state index in [1.807, 2.05) is 30.4 Å². The number of ketones is 1. The fraction of sp³-hybridized carbons (Fsp3) is 0.160. The molecule has 0 aromatic heterocycles. The van der Waals surface area contributed by atoms with Gasteiger partial charge >= 0.3 is 0 Å². The molecule has 0 fully saturated rings. The van der Waals surface area contributed by atoms with Crippen molar-refractivity contribution in [2.24, 2.45) is 5.92 Å². The van der Waals surface area contributed by atoms with Gasteiger partial charge in [0.1, 0.15) is 12.4 Å². The summed E-state index contributed by atoms with van der Waals surface area (Å²) in [5.41, 5.74) is 3.08. The maximum atomic E-state index is 13.3. The lowest BCUT2D eigenvalue weighted by Gasteiger charge is -2.29. The molecule has 2 aromatic rings. The van der Waals surface area contributed by atoms with Crippen molar-refractivity contribution in [1.82, 2.24) is 0 Å². The fourth-order valence-corrected chi connectivity index (χ4v) is 6.07. The molecule has 1 N–H and O–H groups in total. The summed E-state index contributed by atoms with van der Waals surface area (Å²) in [6.45, 7) is 0.214. The lowest BCUT2D eigenvalue weighted by Crippen LogP contribution is -2.31. The van der Waals surface area contributed by atoms with Crippen molar-refractivity contribution in [3.8, 4) is 5.75 Å². The van der Waals surface area contributed by atoms with Crippen molar-refractivity contribution >= 4 is 39.5 Å². The molecule has 1 heterocycles. The van der Waals surface area contributed by atoms with Gasteiger partial charge in [0.15, 0.2) is 5.78 Å². The summed E-state index contributed by atoms with van der Waals surface area (Å²) in [5.74, 6) is 0.702. The van der Waals surface area contributed by atoms with Gasteiger partial charge in [0.05, 0.1) is 22.7 Å². The third-order valence-electron chi connectivity index (χ3n) is 5.97. The second-order valence-corrected chi connectivity index (χ2v) is 8.67. The molecule has 4 aliphatic rings. The fourth-order valence-electron chi connectivity index (χ4n) is 4.75. The van der Waals surface area contributed by atoms with Crippen LogP contribution in [0.5, 0.6) is 5.75 Å². The molecule has 142 valence electrons. The van der Waals surface area contributed by atoms with Crippen LogP contribution in [0, 0.1) is 5.92 Å². The first-order valence-electron chi connectivity index (χ1n) is 9.80. The highest BCUT2D eigenvalue weighted by atomic mass is 32.2. The van der Waals surface area contributed by atoms with E-state index in [0.29, 0.717) is 0 Å². The summed E-state index contributed by atoms with van der Waals surface area (Å²) < 4.78 is 6.00. The monoisotopic (exact) mass is 398 g/mol. The number of Topliss-reactive ketones (excluding diaryl/α,β-unsaturated/α-hetero) is 1. The largest absolute Gasteiger partial charge is 0.490 e. The predicted octanol–water partition coefficient (Wildman–Crippen LogP) is 3.05. The van der Waals surface area contributed by atoms with Gasteiger partial charge in [-0.2, -0.15) is 0 Å². The van der Waals surface area contributed by atoms with Crippen molar-refractivity contribution in [1.29, 1.82) is 0 Å². The van der Waals surface area contributed by atoms with Gasteiger partial charge in [0, 0.05) is 16.3 Å². The number of benzene rings is 2. The van der Waals surface area contributed by atoms with E-state index in [9.17, 15) is 9.90 Å². The first kappa shape index (κ1) is 17.1. The van der Waals surface area contributed by atoms with E-state index < -0.39 is 0 Å². The van der Waals surface area contributed by atoms with Gasteiger partial charge in [-0.05, 0) is 27.6 Å². The summed E-state index contributed by atoms with van der Waals surface area (Å²) in [6, 6.07) is 6.16. The van der Waals surface area contributed by atoms with Gasteiger partial charge in [-0.15, -0.1) is 11.8 Å². The van der Waals surface area contributed by atoms with Crippen LogP contribution >= 0.6 is 11.8 Å². The Hall–Kier alpha value is -2.82. The Labute approximate surface area is 172 Å². The van der Waals surface area contributed by atoms with Crippen molar-refractivity contribution in [2.45, 2.75) is 10.1 Å². The van der Waals surface area contributed by atoms with Crippen LogP contribution in [0.2, 0.25) is 0 Å². The number of hydrogen-bond donors (Lipinski definition) is 1. The summed E-state index contributed by atoms with van der Waals surface area (Å²) in [4.78, 5) is 14.4. The van der Waals surface area contributed by atoms with Crippen LogP contribution in [0.1, 0.15) is 10.4 Å². The average molecular weight is 398 g/mol. The van der Waals surface area contributed by atoms with Crippen LogP contribution in [-0.4, -0.2) is 29.4 Å². The summed E-state index contributed by atoms with van der Waals surface area (Å²) in [5, 5.41) is 13.9. The van der Waals surface area contributed by atoms with E-state index in [4.69, 9.17) is 4.74 Å². The normalized spacial score (nSPS) is 22.9. The maximum Gasteiger partial charge on any atom is 0.174 e. The standard InChI is InChI=1S/C25H18O3S/c26-11-12-28-20-13-19-14-5-1-2-7-17(14)24(27)18-10-9-16-15-6-3-4-8-21(15)29-25(20)23(16)22(18)19/h1-10,13,17,21,26H,11-12H2. The van der Waals surface area contributed by atoms with E-state index in [1.165, 1.54) is 10.8 Å². The molecular weight excluding hydrogens is 380 g/mol. The highest BCUT2D eigenvalue weighted by molar-refractivity contribution is 8.01. The summed E-state index contributed by atoms with van der Waals surface area (Å²) in [6.07, 6.45) is 16.5. The van der Waals surface area contributed by atoms with Crippen LogP contribution in [0.25, 0.3) is 21.9 Å². The number of aliphatic hydroxyl groups excluding tert-OH is 1. The van der Waals surface area contributed by atoms with Gasteiger partial charge in [0.25, 0.3) is 0 Å². The third-order valence-corrected chi connectivity index (χ3v) is 7.28. The molecule has 2 unspecified atom stereocenters. The number of thioether (sulfide) groups is 1. The van der Waals surface area contributed by atoms with E-state index >= 15 is 0 Å².